The molecule has 1 aromatic heterocycles. The monoisotopic (exact) mass is 471 g/mol. The number of nitrogens with one attached hydrogen (secondary N) is 3. The first-order valence-corrected chi connectivity index (χ1v) is 11.1. The number of carbonyl (C=O) groups excluding carboxylic acids is 3. The first-order valence-electron chi connectivity index (χ1n) is 11.1. The minimum absolute atomic E-state index is 0.153. The highest BCUT2D eigenvalue weighted by Crippen LogP contribution is 2.29. The first-order chi connectivity index (χ1) is 16.9. The van der Waals surface area contributed by atoms with Crippen molar-refractivity contribution in [1.82, 2.24) is 25.5 Å². The Kier molecular flexibility index (Phi) is 5.74. The maximum atomic E-state index is 13.6. The molecule has 0 aliphatic carbocycles. The van der Waals surface area contributed by atoms with Crippen LogP contribution in [0.1, 0.15) is 33.1 Å². The molecule has 176 valence electrons. The number of carbonyl (C=O) groups is 3. The van der Waals surface area contributed by atoms with Crippen LogP contribution in [0.4, 0.5) is 9.18 Å². The molecule has 1 aliphatic heterocycles. The van der Waals surface area contributed by atoms with Crippen molar-refractivity contribution in [2.24, 2.45) is 0 Å². The Hall–Kier alpha value is -4.53. The molecule has 1 aliphatic rings. The summed E-state index contributed by atoms with van der Waals surface area (Å²) in [5.74, 6) is -0.778. The van der Waals surface area contributed by atoms with E-state index >= 15 is 0 Å². The number of benzene rings is 3. The van der Waals surface area contributed by atoms with Gasteiger partial charge in [-0.2, -0.15) is 0 Å². The lowest BCUT2D eigenvalue weighted by molar-refractivity contribution is -0.108. The second kappa shape index (κ2) is 9.02. The van der Waals surface area contributed by atoms with E-state index in [1.807, 2.05) is 37.3 Å². The number of aromatic nitrogens is 2. The third kappa shape index (κ3) is 4.35. The maximum absolute atomic E-state index is 13.6. The lowest BCUT2D eigenvalue weighted by atomic mass is 9.98. The van der Waals surface area contributed by atoms with Gasteiger partial charge >= 0.3 is 6.03 Å². The third-order valence-corrected chi connectivity index (χ3v) is 6.21. The highest BCUT2D eigenvalue weighted by molar-refractivity contribution is 5.98. The number of fused-ring (bicyclic) bond motifs is 2. The van der Waals surface area contributed by atoms with Crippen LogP contribution in [-0.2, 0) is 11.3 Å². The molecule has 3 N–H and O–H groups in total. The predicted octanol–water partition coefficient (Wildman–Crippen LogP) is 3.83. The summed E-state index contributed by atoms with van der Waals surface area (Å²) in [5.41, 5.74) is 6.71. The Morgan fingerprint density at radius 3 is 2.74 bits per heavy atom. The zero-order valence-electron chi connectivity index (χ0n) is 18.8. The number of hydrogen-bond acceptors (Lipinski definition) is 4. The zero-order valence-corrected chi connectivity index (χ0v) is 18.8. The zero-order chi connectivity index (χ0) is 24.5. The summed E-state index contributed by atoms with van der Waals surface area (Å²) in [6.07, 6.45) is 1.96. The Balaban J connectivity index is 1.41. The van der Waals surface area contributed by atoms with Gasteiger partial charge in [-0.25, -0.2) is 14.2 Å². The molecule has 0 unspecified atom stereocenters. The number of halogens is 1. The van der Waals surface area contributed by atoms with Gasteiger partial charge in [0.25, 0.3) is 5.91 Å². The van der Waals surface area contributed by atoms with Gasteiger partial charge in [0.15, 0.2) is 0 Å². The number of amides is 4. The average Bonchev–Trinajstić information content (AvgIpc) is 3.44. The highest BCUT2D eigenvalue weighted by Gasteiger charge is 2.30. The van der Waals surface area contributed by atoms with Crippen LogP contribution in [0.2, 0.25) is 0 Å². The minimum Gasteiger partial charge on any atom is -0.345 e. The molecule has 0 saturated carbocycles. The quantitative estimate of drug-likeness (QED) is 0.372. The highest BCUT2D eigenvalue weighted by atomic mass is 19.1. The average molecular weight is 471 g/mol. The van der Waals surface area contributed by atoms with Gasteiger partial charge in [-0.05, 0) is 59.0 Å². The molecule has 4 amide bonds. The van der Waals surface area contributed by atoms with Gasteiger partial charge in [-0.1, -0.05) is 30.3 Å². The van der Waals surface area contributed by atoms with Gasteiger partial charge in [-0.15, -0.1) is 0 Å². The molecule has 0 spiro atoms. The lowest BCUT2D eigenvalue weighted by Crippen LogP contribution is -2.42. The number of aryl methyl sites for hydroxylation is 1. The summed E-state index contributed by atoms with van der Waals surface area (Å²) in [7, 11) is 0. The normalized spacial score (nSPS) is 13.5. The molecule has 0 radical (unpaired) electrons. The molecular weight excluding hydrogens is 449 g/mol. The molecule has 0 fully saturated rings. The summed E-state index contributed by atoms with van der Waals surface area (Å²) < 4.78 is 13.6. The van der Waals surface area contributed by atoms with E-state index in [2.05, 4.69) is 26.7 Å². The number of imide groups is 1. The van der Waals surface area contributed by atoms with Crippen molar-refractivity contribution in [2.45, 2.75) is 19.5 Å². The van der Waals surface area contributed by atoms with Gasteiger partial charge in [0.1, 0.15) is 5.82 Å². The van der Waals surface area contributed by atoms with Gasteiger partial charge < -0.3 is 15.2 Å². The smallest absolute Gasteiger partial charge is 0.321 e. The number of rotatable bonds is 6. The fourth-order valence-electron chi connectivity index (χ4n) is 4.49. The summed E-state index contributed by atoms with van der Waals surface area (Å²) in [4.78, 5) is 44.8. The SMILES string of the molecule is Cc1cc(-c2ccc([C@H](CN3Cc4ccc(F)cc4C3=O)NC(=O)NC=O)cc2)cc2[nH]cnc12. The van der Waals surface area contributed by atoms with E-state index in [9.17, 15) is 18.8 Å². The van der Waals surface area contributed by atoms with E-state index in [1.165, 1.54) is 12.1 Å². The van der Waals surface area contributed by atoms with Gasteiger partial charge in [0.05, 0.1) is 23.4 Å². The second-order valence-electron chi connectivity index (χ2n) is 8.49. The number of H-pyrrole nitrogens is 1. The van der Waals surface area contributed by atoms with E-state index < -0.39 is 17.9 Å². The number of aromatic amines is 1. The van der Waals surface area contributed by atoms with Crippen molar-refractivity contribution >= 4 is 29.4 Å². The Morgan fingerprint density at radius 1 is 1.17 bits per heavy atom. The van der Waals surface area contributed by atoms with Gasteiger partial charge in [0, 0.05) is 18.7 Å². The first kappa shape index (κ1) is 22.3. The number of urea groups is 1. The van der Waals surface area contributed by atoms with Crippen LogP contribution in [0.5, 0.6) is 0 Å². The van der Waals surface area contributed by atoms with Crippen LogP contribution in [0, 0.1) is 12.7 Å². The molecule has 8 nitrogen and oxygen atoms in total. The fourth-order valence-corrected chi connectivity index (χ4v) is 4.49. The maximum Gasteiger partial charge on any atom is 0.321 e. The molecular formula is C26H22FN5O3. The van der Waals surface area contributed by atoms with Crippen molar-refractivity contribution in [3.05, 3.63) is 89.0 Å². The number of nitrogens with zero attached hydrogens (tertiary/aromatic N) is 2. The van der Waals surface area contributed by atoms with Crippen LogP contribution >= 0.6 is 0 Å². The van der Waals surface area contributed by atoms with Crippen LogP contribution in [0.3, 0.4) is 0 Å². The molecule has 1 atom stereocenters. The molecule has 4 aromatic rings. The van der Waals surface area contributed by atoms with E-state index in [1.54, 1.807) is 17.3 Å². The molecule has 0 bridgehead atoms. The Morgan fingerprint density at radius 2 is 1.97 bits per heavy atom. The summed E-state index contributed by atoms with van der Waals surface area (Å²) in [6, 6.07) is 14.6. The number of hydrogen-bond donors (Lipinski definition) is 3. The standard InChI is InChI=1S/C26H22FN5O3/c1-15-8-19(9-22-24(15)29-13-28-22)16-2-4-17(5-3-16)23(31-26(35)30-14-33)12-32-11-18-6-7-20(27)10-21(18)25(32)34/h2-10,13-14,23H,11-12H2,1H3,(H,28,29)(H2,30,31,33,35)/t23-/m0/s1. The molecule has 0 saturated heterocycles. The second-order valence-corrected chi connectivity index (χ2v) is 8.49. The van der Waals surface area contributed by atoms with Gasteiger partial charge in [0.2, 0.25) is 6.41 Å². The predicted molar refractivity (Wildman–Crippen MR) is 128 cm³/mol. The third-order valence-electron chi connectivity index (χ3n) is 6.21. The van der Waals surface area contributed by atoms with Crippen molar-refractivity contribution in [1.29, 1.82) is 0 Å². The fraction of sp³-hybridized carbons (Fsp3) is 0.154. The van der Waals surface area contributed by atoms with Gasteiger partial charge in [-0.3, -0.25) is 14.9 Å². The van der Waals surface area contributed by atoms with E-state index in [0.29, 0.717) is 18.5 Å². The lowest BCUT2D eigenvalue weighted by Gasteiger charge is -2.25. The van der Waals surface area contributed by atoms with Crippen molar-refractivity contribution in [3.63, 3.8) is 0 Å². The van der Waals surface area contributed by atoms with Crippen molar-refractivity contribution in [2.75, 3.05) is 6.54 Å². The Labute approximate surface area is 200 Å². The molecule has 2 heterocycles. The van der Waals surface area contributed by atoms with E-state index in [4.69, 9.17) is 0 Å². The topological polar surface area (TPSA) is 107 Å². The van der Waals surface area contributed by atoms with E-state index in [0.717, 1.165) is 38.9 Å². The largest absolute Gasteiger partial charge is 0.345 e. The summed E-state index contributed by atoms with van der Waals surface area (Å²) >= 11 is 0. The van der Waals surface area contributed by atoms with Crippen LogP contribution in [0.15, 0.2) is 60.9 Å². The minimum atomic E-state index is -0.676. The number of imidazole rings is 1. The molecule has 9 heteroatoms. The van der Waals surface area contributed by atoms with E-state index in [-0.39, 0.29) is 12.5 Å². The van der Waals surface area contributed by atoms with Crippen LogP contribution < -0.4 is 10.6 Å². The summed E-state index contributed by atoms with van der Waals surface area (Å²) in [6.45, 7) is 2.47. The molecule has 3 aromatic carbocycles. The van der Waals surface area contributed by atoms with Crippen LogP contribution in [0.25, 0.3) is 22.2 Å². The summed E-state index contributed by atoms with van der Waals surface area (Å²) in [5, 5.41) is 4.82. The molecule has 35 heavy (non-hydrogen) atoms. The van der Waals surface area contributed by atoms with Crippen LogP contribution in [-0.4, -0.2) is 39.8 Å². The van der Waals surface area contributed by atoms with Crippen molar-refractivity contribution < 1.29 is 18.8 Å². The molecule has 5 rings (SSSR count). The Bertz CT molecular complexity index is 1450. The van der Waals surface area contributed by atoms with Crippen molar-refractivity contribution in [3.8, 4) is 11.1 Å².